The number of anilines is 2. The lowest BCUT2D eigenvalue weighted by atomic mass is 9.91. The van der Waals surface area contributed by atoms with Crippen LogP contribution in [0.2, 0.25) is 0 Å². The third kappa shape index (κ3) is 6.99. The Kier molecular flexibility index (Phi) is 9.70. The first kappa shape index (κ1) is 39.6. The van der Waals surface area contributed by atoms with Crippen LogP contribution in [0.1, 0.15) is 46.6 Å². The number of nitrogen functional groups attached to an aromatic ring is 2. The van der Waals surface area contributed by atoms with Crippen molar-refractivity contribution in [2.24, 2.45) is 0 Å². The maximum absolute atomic E-state index is 16.9. The highest BCUT2D eigenvalue weighted by molar-refractivity contribution is 7.49. The Bertz CT molecular complexity index is 2530. The number of rotatable bonds is 10. The van der Waals surface area contributed by atoms with Crippen molar-refractivity contribution in [3.05, 3.63) is 36.9 Å². The summed E-state index contributed by atoms with van der Waals surface area (Å²) in [5.74, 6) is -0.318. The summed E-state index contributed by atoms with van der Waals surface area (Å²) in [5, 5.41) is 0. The van der Waals surface area contributed by atoms with Crippen molar-refractivity contribution in [2.75, 3.05) is 37.9 Å². The van der Waals surface area contributed by atoms with E-state index in [1.807, 2.05) is 0 Å². The number of nitrogens with zero attached hydrogens (tertiary/aromatic N) is 8. The van der Waals surface area contributed by atoms with E-state index in [-0.39, 0.29) is 90.3 Å². The van der Waals surface area contributed by atoms with Gasteiger partial charge >= 0.3 is 15.6 Å². The topological polar surface area (TPSA) is 266 Å². The van der Waals surface area contributed by atoms with Crippen molar-refractivity contribution in [3.8, 4) is 23.3 Å². The SMILES string of the molecule is CCOc1nc(N)nc2c1ncn2[C@@H]1O[C@@H]2COP(=O)(Oc3cccc(OP4(=O)OC[C@H]5C[C@@H](O4)[C@@](C)(F)[C@H](n4cnc6c(OCC)nc(N)nc64)O5)c3)O[C@H]2[C@@]1(C)F. The Balaban J connectivity index is 0.905. The minimum atomic E-state index is -4.57. The van der Waals surface area contributed by atoms with Gasteiger partial charge in [-0.15, -0.1) is 0 Å². The van der Waals surface area contributed by atoms with Crippen LogP contribution in [-0.2, 0) is 36.7 Å². The van der Waals surface area contributed by atoms with E-state index in [1.165, 1.54) is 59.9 Å². The maximum atomic E-state index is 16.9. The second-order valence-electron chi connectivity index (χ2n) is 14.2. The van der Waals surface area contributed by atoms with Gasteiger partial charge in [-0.25, -0.2) is 27.9 Å². The fourth-order valence-electron chi connectivity index (χ4n) is 7.37. The number of hydrogen-bond donors (Lipinski definition) is 2. The summed E-state index contributed by atoms with van der Waals surface area (Å²) >= 11 is 0. The van der Waals surface area contributed by atoms with E-state index in [9.17, 15) is 9.13 Å². The van der Waals surface area contributed by atoms with Gasteiger partial charge in [-0.3, -0.25) is 27.2 Å². The molecule has 4 fully saturated rings. The smallest absolute Gasteiger partial charge is 0.476 e. The van der Waals surface area contributed by atoms with Gasteiger partial charge in [0.15, 0.2) is 46.1 Å². The Morgan fingerprint density at radius 2 is 1.34 bits per heavy atom. The van der Waals surface area contributed by atoms with E-state index < -0.39 is 63.9 Å². The van der Waals surface area contributed by atoms with Gasteiger partial charge in [-0.1, -0.05) is 6.07 Å². The molecule has 59 heavy (non-hydrogen) atoms. The number of fused-ring (bicyclic) bond motifs is 5. The highest BCUT2D eigenvalue weighted by Gasteiger charge is 2.62. The van der Waals surface area contributed by atoms with Gasteiger partial charge in [0.2, 0.25) is 23.7 Å². The lowest BCUT2D eigenvalue weighted by Gasteiger charge is -2.42. The van der Waals surface area contributed by atoms with Crippen LogP contribution < -0.4 is 30.0 Å². The molecule has 4 saturated heterocycles. The van der Waals surface area contributed by atoms with E-state index in [2.05, 4.69) is 29.9 Å². The van der Waals surface area contributed by atoms with E-state index in [0.29, 0.717) is 0 Å². The van der Waals surface area contributed by atoms with Crippen molar-refractivity contribution in [1.29, 1.82) is 0 Å². The molecule has 0 saturated carbocycles. The summed E-state index contributed by atoms with van der Waals surface area (Å²) in [6, 6.07) is 5.38. The van der Waals surface area contributed by atoms with Crippen molar-refractivity contribution in [1.82, 2.24) is 39.0 Å². The number of benzene rings is 1. The summed E-state index contributed by atoms with van der Waals surface area (Å²) in [6.07, 6.45) is -4.83. The van der Waals surface area contributed by atoms with Gasteiger partial charge < -0.3 is 39.5 Å². The fourth-order valence-corrected chi connectivity index (χ4v) is 10.3. The number of hydrogen-bond acceptors (Lipinski definition) is 20. The molecule has 2 unspecified atom stereocenters. The van der Waals surface area contributed by atoms with E-state index in [4.69, 9.17) is 57.6 Å². The maximum Gasteiger partial charge on any atom is 0.530 e. The number of phosphoric ester groups is 2. The van der Waals surface area contributed by atoms with Gasteiger partial charge in [0.05, 0.1) is 45.2 Å². The molecule has 4 aromatic heterocycles. The first-order valence-corrected chi connectivity index (χ1v) is 21.3. The Morgan fingerprint density at radius 1 is 0.797 bits per heavy atom. The van der Waals surface area contributed by atoms with Gasteiger partial charge in [-0.2, -0.15) is 19.9 Å². The highest BCUT2D eigenvalue weighted by atomic mass is 31.2. The zero-order chi connectivity index (χ0) is 41.5. The van der Waals surface area contributed by atoms with Gasteiger partial charge in [0.1, 0.15) is 29.8 Å². The molecule has 22 nitrogen and oxygen atoms in total. The second kappa shape index (κ2) is 14.4. The standard InChI is InChI=1S/C33H38F2N10O12P2/c1-5-48-26-21-24(40-30(36)42-26)44(14-38-21)28-32(3,34)20-11-18(52-28)12-50-58(46,56-20)54-16-8-7-9-17(10-16)55-59(47)51-13-19-23(57-59)33(4,35)29(53-19)45-15-39-22-25(45)41-31(37)43-27(22)49-6-2/h7-10,14-15,18-20,23,28-29H,5-6,11-13H2,1-4H3,(H2,36,40,42)(H2,37,41,43)/t18-,19-,20-,23-,28-,29-,32-,33-,58?,59?/m1/s1. The summed E-state index contributed by atoms with van der Waals surface area (Å²) in [7, 11) is -9.11. The number of nitrogens with two attached hydrogens (primary N) is 2. The zero-order valence-electron chi connectivity index (χ0n) is 31.7. The normalized spacial score (nSPS) is 34.3. The Hall–Kier alpha value is -4.80. The molecule has 9 rings (SSSR count). The van der Waals surface area contributed by atoms with Gasteiger partial charge in [0, 0.05) is 12.5 Å². The summed E-state index contributed by atoms with van der Waals surface area (Å²) in [5.41, 5.74) is 7.85. The van der Waals surface area contributed by atoms with Gasteiger partial charge in [-0.05, 0) is 39.8 Å². The Morgan fingerprint density at radius 3 is 1.92 bits per heavy atom. The number of ether oxygens (including phenoxy) is 4. The third-order valence-electron chi connectivity index (χ3n) is 10.0. The largest absolute Gasteiger partial charge is 0.530 e. The predicted octanol–water partition coefficient (Wildman–Crippen LogP) is 4.77. The van der Waals surface area contributed by atoms with Crippen molar-refractivity contribution in [2.45, 2.75) is 82.3 Å². The molecule has 0 radical (unpaired) electrons. The van der Waals surface area contributed by atoms with Crippen LogP contribution in [0.15, 0.2) is 36.9 Å². The predicted molar refractivity (Wildman–Crippen MR) is 198 cm³/mol. The lowest BCUT2D eigenvalue weighted by Crippen LogP contribution is -2.52. The zero-order valence-corrected chi connectivity index (χ0v) is 33.5. The number of halogens is 2. The molecular formula is C33H38F2N10O12P2. The number of alkyl halides is 2. The Labute approximate surface area is 332 Å². The minimum Gasteiger partial charge on any atom is -0.476 e. The number of imidazole rings is 2. The molecule has 316 valence electrons. The van der Waals surface area contributed by atoms with Crippen LogP contribution in [0.3, 0.4) is 0 Å². The monoisotopic (exact) mass is 866 g/mol. The molecule has 10 atom stereocenters. The molecule has 4 aliphatic heterocycles. The van der Waals surface area contributed by atoms with Crippen molar-refractivity contribution < 1.29 is 64.0 Å². The van der Waals surface area contributed by atoms with E-state index in [0.717, 1.165) is 0 Å². The molecule has 5 aromatic rings. The average Bonchev–Trinajstić information content (AvgIpc) is 3.82. The molecule has 2 bridgehead atoms. The first-order chi connectivity index (χ1) is 28.1. The molecular weight excluding hydrogens is 828 g/mol. The number of phosphoric acid groups is 2. The molecule has 26 heteroatoms. The van der Waals surface area contributed by atoms with E-state index in [1.54, 1.807) is 13.8 Å². The van der Waals surface area contributed by atoms with E-state index >= 15 is 8.78 Å². The molecule has 0 amide bonds. The molecule has 8 heterocycles. The molecule has 0 aliphatic carbocycles. The van der Waals surface area contributed by atoms with Crippen LogP contribution in [0.5, 0.6) is 23.3 Å². The van der Waals surface area contributed by atoms with Crippen LogP contribution in [-0.4, -0.2) is 101 Å². The highest BCUT2D eigenvalue weighted by Crippen LogP contribution is 2.61. The molecule has 4 N–H and O–H groups in total. The van der Waals surface area contributed by atoms with Crippen LogP contribution in [0, 0.1) is 0 Å². The molecule has 1 aromatic carbocycles. The lowest BCUT2D eigenvalue weighted by molar-refractivity contribution is -0.207. The fraction of sp³-hybridized carbons (Fsp3) is 0.515. The van der Waals surface area contributed by atoms with Gasteiger partial charge in [0.25, 0.3) is 0 Å². The molecule has 0 spiro atoms. The quantitative estimate of drug-likeness (QED) is 0.179. The van der Waals surface area contributed by atoms with Crippen LogP contribution in [0.4, 0.5) is 20.7 Å². The second-order valence-corrected chi connectivity index (χ2v) is 17.3. The molecule has 4 aliphatic rings. The third-order valence-corrected chi connectivity index (χ3v) is 12.8. The first-order valence-electron chi connectivity index (χ1n) is 18.4. The summed E-state index contributed by atoms with van der Waals surface area (Å²) in [6.45, 7) is 5.79. The van der Waals surface area contributed by atoms with Crippen LogP contribution >= 0.6 is 15.6 Å². The summed E-state index contributed by atoms with van der Waals surface area (Å²) in [4.78, 5) is 25.1. The number of aromatic nitrogens is 8. The minimum absolute atomic E-state index is 0.0425. The van der Waals surface area contributed by atoms with Crippen molar-refractivity contribution >= 4 is 49.9 Å². The van der Waals surface area contributed by atoms with Crippen molar-refractivity contribution in [3.63, 3.8) is 0 Å². The summed E-state index contributed by atoms with van der Waals surface area (Å²) < 4.78 is 121. The van der Waals surface area contributed by atoms with Crippen LogP contribution in [0.25, 0.3) is 22.3 Å². The average molecular weight is 867 g/mol.